The Hall–Kier alpha value is -2.57. The molecule has 0 aliphatic carbocycles. The van der Waals surface area contributed by atoms with E-state index in [9.17, 15) is 14.4 Å². The number of carbonyl (C=O) groups is 3. The minimum absolute atomic E-state index is 0.0155. The smallest absolute Gasteiger partial charge is 0.311 e. The Morgan fingerprint density at radius 1 is 1.14 bits per heavy atom. The molecule has 0 bridgehead atoms. The highest BCUT2D eigenvalue weighted by atomic mass is 35.5. The van der Waals surface area contributed by atoms with Crippen molar-refractivity contribution in [1.29, 1.82) is 0 Å². The molecule has 0 spiro atoms. The molecule has 0 aromatic heterocycles. The van der Waals surface area contributed by atoms with Crippen LogP contribution in [0.25, 0.3) is 0 Å². The number of rotatable bonds is 6. The van der Waals surface area contributed by atoms with E-state index in [-0.39, 0.29) is 29.7 Å². The molecule has 2 aromatic rings. The van der Waals surface area contributed by atoms with E-state index in [1.165, 1.54) is 12.0 Å². The van der Waals surface area contributed by atoms with Crippen molar-refractivity contribution in [3.05, 3.63) is 58.1 Å². The monoisotopic (exact) mass is 421 g/mol. The number of amides is 1. The summed E-state index contributed by atoms with van der Waals surface area (Å²) in [6.07, 6.45) is -0.0155. The summed E-state index contributed by atoms with van der Waals surface area (Å²) >= 11 is 12.2. The molecule has 1 heterocycles. The maximum Gasteiger partial charge on any atom is 0.311 e. The Labute approximate surface area is 171 Å². The van der Waals surface area contributed by atoms with Gasteiger partial charge in [0.25, 0.3) is 0 Å². The Bertz CT molecular complexity index is 913. The van der Waals surface area contributed by atoms with Gasteiger partial charge in [0.15, 0.2) is 12.4 Å². The van der Waals surface area contributed by atoms with Crippen LogP contribution in [-0.4, -0.2) is 37.9 Å². The average Bonchev–Trinajstić information content (AvgIpc) is 3.09. The lowest BCUT2D eigenvalue weighted by Gasteiger charge is -2.18. The molecule has 1 amide bonds. The van der Waals surface area contributed by atoms with Crippen molar-refractivity contribution in [3.8, 4) is 5.75 Å². The molecule has 0 radical (unpaired) electrons. The first-order valence-electron chi connectivity index (χ1n) is 8.49. The molecule has 0 saturated carbocycles. The van der Waals surface area contributed by atoms with Gasteiger partial charge in [-0.25, -0.2) is 0 Å². The van der Waals surface area contributed by atoms with Crippen LogP contribution in [0.4, 0.5) is 5.69 Å². The van der Waals surface area contributed by atoms with Crippen LogP contribution in [0, 0.1) is 5.92 Å². The first kappa shape index (κ1) is 20.2. The molecule has 1 aliphatic rings. The van der Waals surface area contributed by atoms with Gasteiger partial charge in [-0.15, -0.1) is 0 Å². The second-order valence-corrected chi connectivity index (χ2v) is 7.02. The van der Waals surface area contributed by atoms with Crippen molar-refractivity contribution >= 4 is 46.5 Å². The van der Waals surface area contributed by atoms with E-state index >= 15 is 0 Å². The SMILES string of the molecule is COc1ccc(C(=O)COC(=O)[C@H]2CC(=O)N(c3cccc(Cl)c3Cl)C2)cc1. The van der Waals surface area contributed by atoms with Crippen LogP contribution < -0.4 is 9.64 Å². The lowest BCUT2D eigenvalue weighted by atomic mass is 10.1. The molecule has 3 rings (SSSR count). The second kappa shape index (κ2) is 8.63. The van der Waals surface area contributed by atoms with Gasteiger partial charge in [-0.05, 0) is 36.4 Å². The third-order valence-corrected chi connectivity index (χ3v) is 5.25. The summed E-state index contributed by atoms with van der Waals surface area (Å²) < 4.78 is 10.2. The van der Waals surface area contributed by atoms with Crippen molar-refractivity contribution in [2.24, 2.45) is 5.92 Å². The van der Waals surface area contributed by atoms with Gasteiger partial charge in [0, 0.05) is 18.5 Å². The van der Waals surface area contributed by atoms with E-state index < -0.39 is 18.5 Å². The van der Waals surface area contributed by atoms with Crippen LogP contribution in [0.5, 0.6) is 5.75 Å². The van der Waals surface area contributed by atoms with Crippen LogP contribution in [0.2, 0.25) is 10.0 Å². The number of ether oxygens (including phenoxy) is 2. The first-order valence-corrected chi connectivity index (χ1v) is 9.24. The molecule has 1 atom stereocenters. The van der Waals surface area contributed by atoms with Gasteiger partial charge in [0.1, 0.15) is 5.75 Å². The lowest BCUT2D eigenvalue weighted by Crippen LogP contribution is -2.27. The van der Waals surface area contributed by atoms with Crippen molar-refractivity contribution in [3.63, 3.8) is 0 Å². The summed E-state index contributed by atoms with van der Waals surface area (Å²) in [5.74, 6) is -1.25. The maximum absolute atomic E-state index is 12.3. The molecule has 1 fully saturated rings. The fourth-order valence-corrected chi connectivity index (χ4v) is 3.31. The molecule has 0 N–H and O–H groups in total. The Kier molecular flexibility index (Phi) is 6.21. The highest BCUT2D eigenvalue weighted by Gasteiger charge is 2.37. The lowest BCUT2D eigenvalue weighted by molar-refractivity contribution is -0.147. The number of benzene rings is 2. The van der Waals surface area contributed by atoms with E-state index in [0.29, 0.717) is 22.0 Å². The van der Waals surface area contributed by atoms with Crippen LogP contribution in [0.15, 0.2) is 42.5 Å². The fourth-order valence-electron chi connectivity index (χ4n) is 2.91. The summed E-state index contributed by atoms with van der Waals surface area (Å²) in [6, 6.07) is 11.4. The van der Waals surface area contributed by atoms with Crippen LogP contribution in [0.1, 0.15) is 16.8 Å². The third-order valence-electron chi connectivity index (χ3n) is 4.44. The predicted molar refractivity (Wildman–Crippen MR) is 105 cm³/mol. The van der Waals surface area contributed by atoms with Crippen molar-refractivity contribution in [2.75, 3.05) is 25.2 Å². The second-order valence-electron chi connectivity index (χ2n) is 6.24. The van der Waals surface area contributed by atoms with Crippen molar-refractivity contribution in [2.45, 2.75) is 6.42 Å². The predicted octanol–water partition coefficient (Wildman–Crippen LogP) is 3.78. The van der Waals surface area contributed by atoms with Crippen LogP contribution >= 0.6 is 23.2 Å². The maximum atomic E-state index is 12.3. The quantitative estimate of drug-likeness (QED) is 0.524. The van der Waals surface area contributed by atoms with Gasteiger partial charge in [-0.2, -0.15) is 0 Å². The van der Waals surface area contributed by atoms with E-state index in [1.54, 1.807) is 42.5 Å². The zero-order valence-corrected chi connectivity index (χ0v) is 16.5. The molecular formula is C20H17Cl2NO5. The molecular weight excluding hydrogens is 405 g/mol. The minimum Gasteiger partial charge on any atom is -0.497 e. The van der Waals surface area contributed by atoms with Gasteiger partial charge in [-0.3, -0.25) is 14.4 Å². The summed E-state index contributed by atoms with van der Waals surface area (Å²) in [5, 5.41) is 0.573. The van der Waals surface area contributed by atoms with E-state index in [4.69, 9.17) is 32.7 Å². The molecule has 2 aromatic carbocycles. The summed E-state index contributed by atoms with van der Waals surface area (Å²) in [7, 11) is 1.53. The number of hydrogen-bond donors (Lipinski definition) is 0. The zero-order chi connectivity index (χ0) is 20.3. The number of halogens is 2. The summed E-state index contributed by atoms with van der Waals surface area (Å²) in [6.45, 7) is -0.276. The third kappa shape index (κ3) is 4.29. The highest BCUT2D eigenvalue weighted by Crippen LogP contribution is 2.35. The standard InChI is InChI=1S/C20H17Cl2NO5/c1-27-14-7-5-12(6-8-14)17(24)11-28-20(26)13-9-18(25)23(10-13)16-4-2-3-15(21)19(16)22/h2-8,13H,9-11H2,1H3/t13-/m0/s1. The number of ketones is 1. The van der Waals surface area contributed by atoms with E-state index in [0.717, 1.165) is 0 Å². The number of carbonyl (C=O) groups excluding carboxylic acids is 3. The van der Waals surface area contributed by atoms with Gasteiger partial charge in [-0.1, -0.05) is 29.3 Å². The first-order chi connectivity index (χ1) is 13.4. The minimum atomic E-state index is -0.675. The molecule has 28 heavy (non-hydrogen) atoms. The van der Waals surface area contributed by atoms with Gasteiger partial charge in [0.05, 0.1) is 28.8 Å². The Balaban J connectivity index is 1.60. The van der Waals surface area contributed by atoms with E-state index in [1.807, 2.05) is 0 Å². The average molecular weight is 422 g/mol. The van der Waals surface area contributed by atoms with Crippen LogP contribution in [0.3, 0.4) is 0 Å². The summed E-state index contributed by atoms with van der Waals surface area (Å²) in [4.78, 5) is 38.2. The number of anilines is 1. The Morgan fingerprint density at radius 3 is 2.54 bits per heavy atom. The number of Topliss-reactive ketones (excluding diaryl/α,β-unsaturated/α-hetero) is 1. The number of esters is 1. The summed E-state index contributed by atoms with van der Waals surface area (Å²) in [5.41, 5.74) is 0.854. The molecule has 146 valence electrons. The molecule has 8 heteroatoms. The normalized spacial score (nSPS) is 16.2. The highest BCUT2D eigenvalue weighted by molar-refractivity contribution is 6.44. The Morgan fingerprint density at radius 2 is 1.86 bits per heavy atom. The van der Waals surface area contributed by atoms with E-state index in [2.05, 4.69) is 0 Å². The number of methoxy groups -OCH3 is 1. The largest absolute Gasteiger partial charge is 0.497 e. The molecule has 6 nitrogen and oxygen atoms in total. The van der Waals surface area contributed by atoms with Crippen LogP contribution in [-0.2, 0) is 14.3 Å². The molecule has 1 saturated heterocycles. The fraction of sp³-hybridized carbons (Fsp3) is 0.250. The van der Waals surface area contributed by atoms with Crippen molar-refractivity contribution < 1.29 is 23.9 Å². The van der Waals surface area contributed by atoms with Crippen molar-refractivity contribution in [1.82, 2.24) is 0 Å². The van der Waals surface area contributed by atoms with Gasteiger partial charge in [0.2, 0.25) is 5.91 Å². The number of hydrogen-bond acceptors (Lipinski definition) is 5. The molecule has 1 aliphatic heterocycles. The zero-order valence-electron chi connectivity index (χ0n) is 15.0. The topological polar surface area (TPSA) is 72.9 Å². The number of nitrogens with zero attached hydrogens (tertiary/aromatic N) is 1. The molecule has 0 unspecified atom stereocenters. The van der Waals surface area contributed by atoms with Gasteiger partial charge < -0.3 is 14.4 Å². The van der Waals surface area contributed by atoms with Gasteiger partial charge >= 0.3 is 5.97 Å².